The summed E-state index contributed by atoms with van der Waals surface area (Å²) in [5.74, 6) is -2.14. The number of rotatable bonds is 3. The number of aryl methyl sites for hydroxylation is 2. The minimum atomic E-state index is -1.20. The molecule has 0 spiro atoms. The van der Waals surface area contributed by atoms with Crippen LogP contribution in [0.15, 0.2) is 66.7 Å². The molecular formula is C46H48N2O6. The number of hydrogen-bond acceptors (Lipinski definition) is 4. The van der Waals surface area contributed by atoms with Crippen LogP contribution in [0, 0.1) is 22.7 Å². The number of benzene rings is 4. The van der Waals surface area contributed by atoms with E-state index in [0.29, 0.717) is 12.8 Å². The number of aliphatic hydroxyl groups is 2. The summed E-state index contributed by atoms with van der Waals surface area (Å²) < 4.78 is 2.35. The topological polar surface area (TPSA) is 136 Å². The number of nitrogens with zero attached hydrogens (tertiary/aromatic N) is 1. The van der Waals surface area contributed by atoms with Gasteiger partial charge in [0.05, 0.1) is 34.1 Å². The molecule has 0 aliphatic heterocycles. The maximum absolute atomic E-state index is 12.7. The third-order valence-corrected chi connectivity index (χ3v) is 15.8. The Labute approximate surface area is 313 Å². The van der Waals surface area contributed by atoms with Gasteiger partial charge in [-0.1, -0.05) is 38.1 Å². The van der Waals surface area contributed by atoms with Gasteiger partial charge in [-0.05, 0) is 153 Å². The van der Waals surface area contributed by atoms with E-state index in [4.69, 9.17) is 0 Å². The molecule has 10 rings (SSSR count). The summed E-state index contributed by atoms with van der Waals surface area (Å²) in [5.41, 5.74) is 7.26. The fourth-order valence-corrected chi connectivity index (χ4v) is 12.6. The minimum absolute atomic E-state index is 0.158. The van der Waals surface area contributed by atoms with Gasteiger partial charge in [0, 0.05) is 38.3 Å². The third kappa shape index (κ3) is 4.11. The van der Waals surface area contributed by atoms with Crippen LogP contribution in [0.1, 0.15) is 88.5 Å². The molecule has 0 saturated heterocycles. The average Bonchev–Trinajstić information content (AvgIpc) is 3.67. The van der Waals surface area contributed by atoms with Crippen LogP contribution in [0.25, 0.3) is 49.3 Å². The highest BCUT2D eigenvalue weighted by Gasteiger charge is 2.60. The second-order valence-electron chi connectivity index (χ2n) is 18.1. The zero-order valence-electron chi connectivity index (χ0n) is 31.4. The van der Waals surface area contributed by atoms with E-state index in [1.807, 2.05) is 0 Å². The largest absolute Gasteiger partial charge is 0.481 e. The number of para-hydroxylation sites is 1. The molecule has 4 aromatic carbocycles. The van der Waals surface area contributed by atoms with Gasteiger partial charge >= 0.3 is 11.9 Å². The molecule has 8 atom stereocenters. The summed E-state index contributed by atoms with van der Waals surface area (Å²) in [5, 5.41) is 47.3. The van der Waals surface area contributed by atoms with Gasteiger partial charge in [0.1, 0.15) is 0 Å². The smallest absolute Gasteiger partial charge is 0.312 e. The molecule has 278 valence electrons. The second kappa shape index (κ2) is 11.0. The number of aromatic nitrogens is 2. The molecule has 0 unspecified atom stereocenters. The van der Waals surface area contributed by atoms with Crippen molar-refractivity contribution in [1.82, 2.24) is 9.55 Å². The van der Waals surface area contributed by atoms with Crippen molar-refractivity contribution >= 4 is 55.6 Å². The standard InChI is InChI=1S/C46H48N2O6/c1-43-17-15-39(49)45(3,41(51)52)37(43)13-9-24-19-33-29(22-31(24)43)27-12-11-26(21-34(27)47-33)48-35-8-6-5-7-28(35)30-23-32-25(20-36(30)48)10-14-38-44(32,2)18-16-40(50)46(38,4)42(53)54/h5-8,11-12,19-23,37-40,47,49-50H,9-10,13-18H2,1-4H3,(H,51,52)(H,53,54)/t37-,38-,39+,40+,43-,44-,45+,46+/m1/s1. The Bertz CT molecular complexity index is 2620. The molecule has 2 aromatic heterocycles. The maximum Gasteiger partial charge on any atom is 0.312 e. The molecule has 2 heterocycles. The van der Waals surface area contributed by atoms with Crippen molar-refractivity contribution in [3.63, 3.8) is 0 Å². The van der Waals surface area contributed by atoms with Crippen LogP contribution in [0.4, 0.5) is 0 Å². The van der Waals surface area contributed by atoms with Crippen LogP contribution in [0.5, 0.6) is 0 Å². The van der Waals surface area contributed by atoms with Crippen molar-refractivity contribution in [1.29, 1.82) is 0 Å². The first kappa shape index (κ1) is 33.9. The predicted molar refractivity (Wildman–Crippen MR) is 210 cm³/mol. The fourth-order valence-electron chi connectivity index (χ4n) is 12.6. The highest BCUT2D eigenvalue weighted by molar-refractivity contribution is 6.11. The number of nitrogens with one attached hydrogen (secondary N) is 1. The van der Waals surface area contributed by atoms with E-state index in [1.54, 1.807) is 13.8 Å². The molecule has 4 aliphatic carbocycles. The van der Waals surface area contributed by atoms with Crippen LogP contribution in [-0.2, 0) is 33.3 Å². The Morgan fingerprint density at radius 2 is 1.19 bits per heavy atom. The number of aliphatic carboxylic acids is 2. The number of carboxylic acids is 2. The van der Waals surface area contributed by atoms with Crippen molar-refractivity contribution in [2.75, 3.05) is 0 Å². The number of H-pyrrole nitrogens is 1. The van der Waals surface area contributed by atoms with Gasteiger partial charge < -0.3 is 30.0 Å². The van der Waals surface area contributed by atoms with Gasteiger partial charge in [0.2, 0.25) is 0 Å². The van der Waals surface area contributed by atoms with Crippen molar-refractivity contribution in [2.45, 2.75) is 102 Å². The Morgan fingerprint density at radius 3 is 1.80 bits per heavy atom. The lowest BCUT2D eigenvalue weighted by Gasteiger charge is -2.55. The quantitative estimate of drug-likeness (QED) is 0.124. The van der Waals surface area contributed by atoms with Gasteiger partial charge in [-0.15, -0.1) is 0 Å². The Hall–Kier alpha value is -4.66. The van der Waals surface area contributed by atoms with Crippen LogP contribution in [0.3, 0.4) is 0 Å². The van der Waals surface area contributed by atoms with E-state index >= 15 is 0 Å². The van der Waals surface area contributed by atoms with Gasteiger partial charge in [0.15, 0.2) is 0 Å². The molecule has 0 radical (unpaired) electrons. The zero-order valence-corrected chi connectivity index (χ0v) is 31.4. The van der Waals surface area contributed by atoms with Crippen molar-refractivity contribution in [2.24, 2.45) is 22.7 Å². The van der Waals surface area contributed by atoms with Crippen LogP contribution < -0.4 is 0 Å². The zero-order chi connectivity index (χ0) is 37.7. The van der Waals surface area contributed by atoms with Crippen molar-refractivity contribution in [3.8, 4) is 5.69 Å². The van der Waals surface area contributed by atoms with Crippen molar-refractivity contribution in [3.05, 3.63) is 89.0 Å². The van der Waals surface area contributed by atoms with Gasteiger partial charge in [0.25, 0.3) is 0 Å². The van der Waals surface area contributed by atoms with Gasteiger partial charge in [-0.25, -0.2) is 0 Å². The molecule has 0 bridgehead atoms. The number of aromatic amines is 1. The van der Waals surface area contributed by atoms with Crippen LogP contribution in [-0.4, -0.2) is 54.1 Å². The monoisotopic (exact) mass is 724 g/mol. The highest BCUT2D eigenvalue weighted by Crippen LogP contribution is 2.59. The van der Waals surface area contributed by atoms with E-state index < -0.39 is 35.0 Å². The van der Waals surface area contributed by atoms with Crippen LogP contribution in [0.2, 0.25) is 0 Å². The van der Waals surface area contributed by atoms with Crippen molar-refractivity contribution < 1.29 is 30.0 Å². The van der Waals surface area contributed by atoms with E-state index in [9.17, 15) is 30.0 Å². The summed E-state index contributed by atoms with van der Waals surface area (Å²) in [4.78, 5) is 29.1. The number of aliphatic hydroxyl groups excluding tert-OH is 2. The molecule has 6 aromatic rings. The van der Waals surface area contributed by atoms with Crippen LogP contribution >= 0.6 is 0 Å². The second-order valence-corrected chi connectivity index (χ2v) is 18.1. The molecule has 0 amide bonds. The molecule has 8 nitrogen and oxygen atoms in total. The number of fused-ring (bicyclic) bond motifs is 12. The summed E-state index contributed by atoms with van der Waals surface area (Å²) >= 11 is 0. The molecule has 8 heteroatoms. The third-order valence-electron chi connectivity index (χ3n) is 15.8. The lowest BCUT2D eigenvalue weighted by Crippen LogP contribution is -2.58. The van der Waals surface area contributed by atoms with E-state index in [0.717, 1.165) is 87.8 Å². The molecule has 5 N–H and O–H groups in total. The Kier molecular flexibility index (Phi) is 6.89. The first-order valence-corrected chi connectivity index (χ1v) is 19.7. The number of carboxylic acid groups (broad SMARTS) is 2. The summed E-state index contributed by atoms with van der Waals surface area (Å²) in [6.07, 6.45) is 3.72. The lowest BCUT2D eigenvalue weighted by atomic mass is 9.49. The molecule has 2 fully saturated rings. The van der Waals surface area contributed by atoms with E-state index in [1.165, 1.54) is 22.3 Å². The maximum atomic E-state index is 12.7. The predicted octanol–water partition coefficient (Wildman–Crippen LogP) is 8.55. The average molecular weight is 725 g/mol. The Balaban J connectivity index is 1.11. The van der Waals surface area contributed by atoms with Gasteiger partial charge in [-0.2, -0.15) is 0 Å². The summed E-state index contributed by atoms with van der Waals surface area (Å²) in [7, 11) is 0. The van der Waals surface area contributed by atoms with Gasteiger partial charge in [-0.3, -0.25) is 9.59 Å². The summed E-state index contributed by atoms with van der Waals surface area (Å²) in [6.45, 7) is 7.93. The lowest BCUT2D eigenvalue weighted by molar-refractivity contribution is -0.172. The normalized spacial score (nSPS) is 33.4. The molecule has 2 saturated carbocycles. The minimum Gasteiger partial charge on any atom is -0.481 e. The Morgan fingerprint density at radius 1 is 0.630 bits per heavy atom. The SMILES string of the molecule is C[C@@]1(C(=O)O)[C@@H](O)CC[C@]2(C)c3cc4c(cc3CC[C@@H]12)[nH]c1cc(-n2c3ccccc3c3cc5c(cc32)CC[C@H]2[C@](C)(C(=O)O)[C@@H](O)CC[C@]52C)ccc14. The number of carbonyl (C=O) groups is 2. The first-order valence-electron chi connectivity index (χ1n) is 19.7. The van der Waals surface area contributed by atoms with E-state index in [2.05, 4.69) is 90.1 Å². The molecule has 54 heavy (non-hydrogen) atoms. The highest BCUT2D eigenvalue weighted by atomic mass is 16.4. The number of hydrogen-bond donors (Lipinski definition) is 5. The molecular weight excluding hydrogens is 677 g/mol. The molecule has 4 aliphatic rings. The van der Waals surface area contributed by atoms with E-state index in [-0.39, 0.29) is 22.7 Å². The first-order chi connectivity index (χ1) is 25.7. The fraction of sp³-hybridized carbons (Fsp3) is 0.435. The summed E-state index contributed by atoms with van der Waals surface area (Å²) in [6, 6.07) is 24.4.